The van der Waals surface area contributed by atoms with Crippen LogP contribution in [0.2, 0.25) is 0 Å². The fourth-order valence-corrected chi connectivity index (χ4v) is 9.98. The lowest BCUT2D eigenvalue weighted by molar-refractivity contribution is 0.666. The summed E-state index contributed by atoms with van der Waals surface area (Å²) in [6.07, 6.45) is -0.324. The maximum Gasteiger partial charge on any atom is 0.159 e. The quantitative estimate of drug-likeness (QED) is 0.191. The molecule has 57 heavy (non-hydrogen) atoms. The number of nitrogens with zero attached hydrogens (tertiary/aromatic N) is 3. The highest BCUT2D eigenvalue weighted by Gasteiger charge is 2.25. The number of para-hydroxylation sites is 3. The smallest absolute Gasteiger partial charge is 0.159 e. The van der Waals surface area contributed by atoms with Gasteiger partial charge in [0.15, 0.2) is 11.4 Å². The first kappa shape index (κ1) is 32.0. The van der Waals surface area contributed by atoms with Gasteiger partial charge in [0, 0.05) is 58.4 Å². The Morgan fingerprint density at radius 1 is 0.544 bits per heavy atom. The van der Waals surface area contributed by atoms with Crippen LogP contribution in [0, 0.1) is 0 Å². The van der Waals surface area contributed by atoms with Crippen LogP contribution in [0.15, 0.2) is 196 Å². The summed E-state index contributed by atoms with van der Waals surface area (Å²) < 4.78 is 11.6. The van der Waals surface area contributed by atoms with Crippen LogP contribution in [-0.4, -0.2) is 16.2 Å². The number of thiophene rings is 1. The molecule has 0 fully saturated rings. The van der Waals surface area contributed by atoms with E-state index in [1.54, 1.807) is 0 Å². The van der Waals surface area contributed by atoms with Gasteiger partial charge in [-0.3, -0.25) is 0 Å². The number of aliphatic imine (C=N–C) groups is 2. The Hall–Kier alpha value is -7.28. The topological polar surface area (TPSA) is 54.8 Å². The number of amidine groups is 2. The number of rotatable bonds is 5. The summed E-state index contributed by atoms with van der Waals surface area (Å²) in [4.78, 5) is 10.3. The van der Waals surface area contributed by atoms with E-state index in [2.05, 4.69) is 155 Å². The highest BCUT2D eigenvalue weighted by molar-refractivity contribution is 7.26. The van der Waals surface area contributed by atoms with E-state index in [-0.39, 0.29) is 6.17 Å². The molecule has 1 atom stereocenters. The lowest BCUT2D eigenvalue weighted by atomic mass is 9.98. The summed E-state index contributed by atoms with van der Waals surface area (Å²) in [5, 5.41) is 10.8. The molecular weight excluding hydrogens is 717 g/mol. The molecule has 0 saturated heterocycles. The highest BCUT2D eigenvalue weighted by atomic mass is 32.1. The predicted octanol–water partition coefficient (Wildman–Crippen LogP) is 13.2. The minimum atomic E-state index is -0.324. The van der Waals surface area contributed by atoms with Crippen molar-refractivity contribution in [3.05, 3.63) is 199 Å². The Balaban J connectivity index is 1.00. The summed E-state index contributed by atoms with van der Waals surface area (Å²) in [6, 6.07) is 64.2. The third-order valence-electron chi connectivity index (χ3n) is 11.3. The molecule has 11 aromatic rings. The van der Waals surface area contributed by atoms with Gasteiger partial charge < -0.3 is 14.3 Å². The number of furan rings is 1. The van der Waals surface area contributed by atoms with Crippen LogP contribution in [0.1, 0.15) is 22.9 Å². The van der Waals surface area contributed by atoms with Crippen molar-refractivity contribution in [2.24, 2.45) is 9.98 Å². The molecule has 1 unspecified atom stereocenters. The number of hydrogen-bond donors (Lipinski definition) is 1. The fourth-order valence-electron chi connectivity index (χ4n) is 8.71. The molecular formula is C51H32N4OS. The molecule has 268 valence electrons. The zero-order chi connectivity index (χ0) is 37.5. The van der Waals surface area contributed by atoms with E-state index in [1.807, 2.05) is 47.7 Å². The molecule has 6 heteroatoms. The molecule has 0 saturated carbocycles. The van der Waals surface area contributed by atoms with Gasteiger partial charge in [0.2, 0.25) is 0 Å². The molecule has 0 spiro atoms. The second kappa shape index (κ2) is 12.6. The number of fused-ring (bicyclic) bond motifs is 9. The SMILES string of the molecule is c1ccc(C2=NC(c3cccc4sc5c(-c6ccc7oc8c(-n9c%10ccccc%10c%10ccccc%109)cccc8c7c6)cccc5c34)NC(c3ccccc3)=N2)cc1. The summed E-state index contributed by atoms with van der Waals surface area (Å²) in [5.41, 5.74) is 10.6. The van der Waals surface area contributed by atoms with Crippen LogP contribution in [0.4, 0.5) is 0 Å². The van der Waals surface area contributed by atoms with Gasteiger partial charge in [-0.2, -0.15) is 0 Å². The zero-order valence-corrected chi connectivity index (χ0v) is 31.4. The molecule has 8 aromatic carbocycles. The molecule has 1 N–H and O–H groups in total. The lowest BCUT2D eigenvalue weighted by Crippen LogP contribution is -2.33. The zero-order valence-electron chi connectivity index (χ0n) is 30.6. The van der Waals surface area contributed by atoms with Crippen molar-refractivity contribution in [2.45, 2.75) is 6.17 Å². The van der Waals surface area contributed by atoms with Gasteiger partial charge >= 0.3 is 0 Å². The van der Waals surface area contributed by atoms with Crippen LogP contribution in [0.3, 0.4) is 0 Å². The van der Waals surface area contributed by atoms with Crippen molar-refractivity contribution in [2.75, 3.05) is 0 Å². The average molecular weight is 749 g/mol. The van der Waals surface area contributed by atoms with Crippen LogP contribution in [-0.2, 0) is 0 Å². The summed E-state index contributed by atoms with van der Waals surface area (Å²) >= 11 is 1.84. The Kier molecular flexibility index (Phi) is 7.09. The van der Waals surface area contributed by atoms with Gasteiger partial charge in [0.25, 0.3) is 0 Å². The fraction of sp³-hybridized carbons (Fsp3) is 0.0196. The Morgan fingerprint density at radius 3 is 2.00 bits per heavy atom. The van der Waals surface area contributed by atoms with Gasteiger partial charge in [-0.25, -0.2) is 9.98 Å². The molecule has 0 bridgehead atoms. The van der Waals surface area contributed by atoms with E-state index in [1.165, 1.54) is 36.5 Å². The number of benzene rings is 8. The first-order chi connectivity index (χ1) is 28.3. The Morgan fingerprint density at radius 2 is 1.21 bits per heavy atom. The van der Waals surface area contributed by atoms with Crippen molar-refractivity contribution in [3.8, 4) is 16.8 Å². The molecule has 3 aromatic heterocycles. The second-order valence-corrected chi connectivity index (χ2v) is 15.6. The van der Waals surface area contributed by atoms with Crippen LogP contribution in [0.5, 0.6) is 0 Å². The normalized spacial score (nSPS) is 14.5. The molecule has 12 rings (SSSR count). The van der Waals surface area contributed by atoms with E-state index in [4.69, 9.17) is 14.4 Å². The maximum absolute atomic E-state index is 6.75. The summed E-state index contributed by atoms with van der Waals surface area (Å²) in [5.74, 6) is 1.53. The standard InChI is InChI=1S/C51H32N4OS/c1-3-14-31(15-4-1)49-52-50(32-16-5-2-6-17-32)54-51(53-49)39-23-13-27-45-46(39)38-22-11-20-34(48(38)57-45)33-28-29-44-40(30-33)37-21-12-26-43(47(37)56-44)55-41-24-9-7-18-35(41)36-19-8-10-25-42(36)55/h1-30,51H,(H,52,53,54). The van der Waals surface area contributed by atoms with Crippen molar-refractivity contribution < 1.29 is 4.42 Å². The Bertz CT molecular complexity index is 3390. The lowest BCUT2D eigenvalue weighted by Gasteiger charge is -2.24. The van der Waals surface area contributed by atoms with Crippen molar-refractivity contribution in [1.29, 1.82) is 0 Å². The molecule has 1 aliphatic heterocycles. The average Bonchev–Trinajstić information content (AvgIpc) is 3.96. The molecule has 0 amide bonds. The van der Waals surface area contributed by atoms with E-state index in [9.17, 15) is 0 Å². The van der Waals surface area contributed by atoms with E-state index >= 15 is 0 Å². The largest absolute Gasteiger partial charge is 0.454 e. The molecule has 1 aliphatic rings. The van der Waals surface area contributed by atoms with Crippen LogP contribution < -0.4 is 5.32 Å². The van der Waals surface area contributed by atoms with Gasteiger partial charge in [-0.05, 0) is 47.5 Å². The summed E-state index contributed by atoms with van der Waals surface area (Å²) in [6.45, 7) is 0. The van der Waals surface area contributed by atoms with Crippen molar-refractivity contribution in [1.82, 2.24) is 9.88 Å². The van der Waals surface area contributed by atoms with Gasteiger partial charge in [0.05, 0.1) is 16.7 Å². The highest BCUT2D eigenvalue weighted by Crippen LogP contribution is 2.45. The van der Waals surface area contributed by atoms with Gasteiger partial charge in [0.1, 0.15) is 17.6 Å². The van der Waals surface area contributed by atoms with E-state index in [0.717, 1.165) is 72.6 Å². The second-order valence-electron chi connectivity index (χ2n) is 14.5. The monoisotopic (exact) mass is 748 g/mol. The van der Waals surface area contributed by atoms with Crippen LogP contribution >= 0.6 is 11.3 Å². The molecule has 4 heterocycles. The minimum Gasteiger partial charge on any atom is -0.454 e. The van der Waals surface area contributed by atoms with Crippen molar-refractivity contribution in [3.63, 3.8) is 0 Å². The molecule has 0 aliphatic carbocycles. The van der Waals surface area contributed by atoms with Gasteiger partial charge in [-0.1, -0.05) is 146 Å². The predicted molar refractivity (Wildman–Crippen MR) is 238 cm³/mol. The first-order valence-electron chi connectivity index (χ1n) is 19.2. The Labute approximate surface area is 331 Å². The van der Waals surface area contributed by atoms with Crippen LogP contribution in [0.25, 0.3) is 80.7 Å². The number of nitrogens with one attached hydrogen (secondary N) is 1. The third-order valence-corrected chi connectivity index (χ3v) is 12.5. The molecule has 0 radical (unpaired) electrons. The van der Waals surface area contributed by atoms with Crippen molar-refractivity contribution >= 4 is 86.9 Å². The van der Waals surface area contributed by atoms with Gasteiger partial charge in [-0.15, -0.1) is 11.3 Å². The minimum absolute atomic E-state index is 0.324. The van der Waals surface area contributed by atoms with E-state index < -0.39 is 0 Å². The first-order valence-corrected chi connectivity index (χ1v) is 20.0. The third kappa shape index (κ3) is 5.01. The summed E-state index contributed by atoms with van der Waals surface area (Å²) in [7, 11) is 0. The van der Waals surface area contributed by atoms with E-state index in [0.29, 0.717) is 0 Å². The number of hydrogen-bond acceptors (Lipinski definition) is 5. The number of aromatic nitrogens is 1. The maximum atomic E-state index is 6.75. The molecule has 5 nitrogen and oxygen atoms in total.